The number of aromatic nitrogens is 2. The molecule has 5 aromatic rings. The molecule has 0 saturated carbocycles. The van der Waals surface area contributed by atoms with E-state index in [-0.39, 0.29) is 17.6 Å². The van der Waals surface area contributed by atoms with Crippen molar-refractivity contribution < 1.29 is 13.9 Å². The molecule has 6 rings (SSSR count). The molecular weight excluding hydrogens is 513 g/mol. The van der Waals surface area contributed by atoms with E-state index in [1.165, 1.54) is 11.6 Å². The number of hydrogen-bond donors (Lipinski definition) is 0. The van der Waals surface area contributed by atoms with Gasteiger partial charge >= 0.3 is 0 Å². The monoisotopic (exact) mass is 547 g/mol. The summed E-state index contributed by atoms with van der Waals surface area (Å²) in [6, 6.07) is 28.8. The van der Waals surface area contributed by atoms with Crippen LogP contribution in [0.3, 0.4) is 0 Å². The van der Waals surface area contributed by atoms with Crippen molar-refractivity contribution in [2.75, 3.05) is 13.1 Å². The molecule has 6 heteroatoms. The van der Waals surface area contributed by atoms with E-state index in [0.717, 1.165) is 52.1 Å². The number of piperidine rings is 1. The molecule has 0 N–H and O–H groups in total. The Hall–Kier alpha value is -4.45. The standard InChI is InChI=1S/C35H34FN3O2/c1-24-7-5-9-27(19-24)23-41-33-14-13-29(20-25(33)2)35(40)38-17-15-28(16-18-38)34-37-31-11-3-4-12-32(31)39(34)22-26-8-6-10-30(36)21-26/h3-14,19-21,28H,15-18,22-23H2,1-2H3. The fraction of sp³-hybridized carbons (Fsp3) is 0.257. The Labute approximate surface area is 240 Å². The SMILES string of the molecule is Cc1cccc(COc2ccc(C(=O)N3CCC(c4nc5ccccc5n4Cc4cccc(F)c4)CC3)cc2C)c1. The first kappa shape index (κ1) is 26.8. The number of hydrogen-bond acceptors (Lipinski definition) is 3. The Morgan fingerprint density at radius 1 is 0.902 bits per heavy atom. The number of carbonyl (C=O) groups excluding carboxylic acids is 1. The Balaban J connectivity index is 1.13. The molecule has 5 nitrogen and oxygen atoms in total. The molecule has 1 aliphatic rings. The molecule has 41 heavy (non-hydrogen) atoms. The number of imidazole rings is 1. The van der Waals surface area contributed by atoms with E-state index >= 15 is 0 Å². The van der Waals surface area contributed by atoms with Gasteiger partial charge in [0.05, 0.1) is 11.0 Å². The second kappa shape index (κ2) is 11.6. The van der Waals surface area contributed by atoms with Crippen molar-refractivity contribution in [2.45, 2.75) is 45.8 Å². The zero-order valence-corrected chi connectivity index (χ0v) is 23.5. The number of benzene rings is 4. The van der Waals surface area contributed by atoms with E-state index in [4.69, 9.17) is 9.72 Å². The molecule has 208 valence electrons. The highest BCUT2D eigenvalue weighted by Crippen LogP contribution is 2.32. The number of aryl methyl sites for hydroxylation is 2. The van der Waals surface area contributed by atoms with Crippen LogP contribution in [0.4, 0.5) is 4.39 Å². The predicted molar refractivity (Wildman–Crippen MR) is 160 cm³/mol. The normalized spacial score (nSPS) is 14.0. The first-order valence-electron chi connectivity index (χ1n) is 14.2. The van der Waals surface area contributed by atoms with Crippen LogP contribution in [0.1, 0.15) is 57.2 Å². The number of rotatable bonds is 7. The van der Waals surface area contributed by atoms with Gasteiger partial charge in [-0.3, -0.25) is 4.79 Å². The minimum Gasteiger partial charge on any atom is -0.489 e. The van der Waals surface area contributed by atoms with Crippen molar-refractivity contribution in [3.8, 4) is 5.75 Å². The molecule has 1 aliphatic heterocycles. The maximum Gasteiger partial charge on any atom is 0.253 e. The summed E-state index contributed by atoms with van der Waals surface area (Å²) in [5.41, 5.74) is 6.85. The van der Waals surface area contributed by atoms with Crippen LogP contribution >= 0.6 is 0 Å². The molecule has 0 spiro atoms. The average Bonchev–Trinajstić information content (AvgIpc) is 3.34. The summed E-state index contributed by atoms with van der Waals surface area (Å²) < 4.78 is 22.2. The van der Waals surface area contributed by atoms with Gasteiger partial charge in [-0.05, 0) is 85.8 Å². The Kier molecular flexibility index (Phi) is 7.55. The predicted octanol–water partition coefficient (Wildman–Crippen LogP) is 7.44. The highest BCUT2D eigenvalue weighted by atomic mass is 19.1. The van der Waals surface area contributed by atoms with E-state index in [1.54, 1.807) is 12.1 Å². The third kappa shape index (κ3) is 5.87. The quantitative estimate of drug-likeness (QED) is 0.213. The van der Waals surface area contributed by atoms with Gasteiger partial charge in [0, 0.05) is 31.1 Å². The van der Waals surface area contributed by atoms with Crippen LogP contribution in [0.2, 0.25) is 0 Å². The summed E-state index contributed by atoms with van der Waals surface area (Å²) in [7, 11) is 0. The largest absolute Gasteiger partial charge is 0.489 e. The summed E-state index contributed by atoms with van der Waals surface area (Å²) in [6.07, 6.45) is 1.66. The number of nitrogens with zero attached hydrogens (tertiary/aromatic N) is 3. The molecule has 1 fully saturated rings. The highest BCUT2D eigenvalue weighted by molar-refractivity contribution is 5.94. The number of para-hydroxylation sites is 2. The lowest BCUT2D eigenvalue weighted by molar-refractivity contribution is 0.0710. The van der Waals surface area contributed by atoms with E-state index in [1.807, 2.05) is 60.4 Å². The van der Waals surface area contributed by atoms with Crippen LogP contribution in [0.25, 0.3) is 11.0 Å². The van der Waals surface area contributed by atoms with Crippen molar-refractivity contribution >= 4 is 16.9 Å². The third-order valence-corrected chi connectivity index (χ3v) is 7.96. The van der Waals surface area contributed by atoms with Crippen LogP contribution in [-0.2, 0) is 13.2 Å². The van der Waals surface area contributed by atoms with Crippen LogP contribution < -0.4 is 4.74 Å². The van der Waals surface area contributed by atoms with Gasteiger partial charge in [-0.2, -0.15) is 0 Å². The summed E-state index contributed by atoms with van der Waals surface area (Å²) in [6.45, 7) is 6.44. The number of amides is 1. The molecule has 2 heterocycles. The molecule has 0 atom stereocenters. The highest BCUT2D eigenvalue weighted by Gasteiger charge is 2.28. The van der Waals surface area contributed by atoms with Crippen molar-refractivity contribution in [3.63, 3.8) is 0 Å². The van der Waals surface area contributed by atoms with Crippen molar-refractivity contribution in [2.24, 2.45) is 0 Å². The minimum atomic E-state index is -0.235. The summed E-state index contributed by atoms with van der Waals surface area (Å²) in [5.74, 6) is 1.83. The lowest BCUT2D eigenvalue weighted by atomic mass is 9.95. The van der Waals surface area contributed by atoms with Gasteiger partial charge in [0.25, 0.3) is 5.91 Å². The average molecular weight is 548 g/mol. The summed E-state index contributed by atoms with van der Waals surface area (Å²) in [4.78, 5) is 20.4. The zero-order chi connectivity index (χ0) is 28.3. The first-order valence-corrected chi connectivity index (χ1v) is 14.2. The van der Waals surface area contributed by atoms with Gasteiger partial charge in [-0.25, -0.2) is 9.37 Å². The smallest absolute Gasteiger partial charge is 0.253 e. The van der Waals surface area contributed by atoms with E-state index < -0.39 is 0 Å². The maximum absolute atomic E-state index is 13.9. The number of likely N-dealkylation sites (tertiary alicyclic amines) is 1. The second-order valence-corrected chi connectivity index (χ2v) is 11.0. The summed E-state index contributed by atoms with van der Waals surface area (Å²) in [5, 5.41) is 0. The van der Waals surface area contributed by atoms with Gasteiger partial charge < -0.3 is 14.2 Å². The molecule has 4 aromatic carbocycles. The number of fused-ring (bicyclic) bond motifs is 1. The zero-order valence-electron chi connectivity index (χ0n) is 23.5. The fourth-order valence-electron chi connectivity index (χ4n) is 5.82. The van der Waals surface area contributed by atoms with Crippen molar-refractivity contribution in [1.29, 1.82) is 0 Å². The number of ether oxygens (including phenoxy) is 1. The van der Waals surface area contributed by atoms with Gasteiger partial charge in [0.1, 0.15) is 24.0 Å². The van der Waals surface area contributed by atoms with Crippen molar-refractivity contribution in [1.82, 2.24) is 14.5 Å². The Morgan fingerprint density at radius 3 is 2.46 bits per heavy atom. The molecule has 0 aliphatic carbocycles. The van der Waals surface area contributed by atoms with Crippen LogP contribution in [0, 0.1) is 19.7 Å². The van der Waals surface area contributed by atoms with Crippen LogP contribution in [-0.4, -0.2) is 33.4 Å². The van der Waals surface area contributed by atoms with E-state index in [9.17, 15) is 9.18 Å². The first-order chi connectivity index (χ1) is 19.9. The van der Waals surface area contributed by atoms with Crippen LogP contribution in [0.15, 0.2) is 91.0 Å². The fourth-order valence-corrected chi connectivity index (χ4v) is 5.82. The molecule has 1 aromatic heterocycles. The minimum absolute atomic E-state index is 0.0463. The van der Waals surface area contributed by atoms with Gasteiger partial charge in [0.2, 0.25) is 0 Å². The Bertz CT molecular complexity index is 1700. The van der Waals surface area contributed by atoms with E-state index in [0.29, 0.717) is 31.8 Å². The number of carbonyl (C=O) groups is 1. The van der Waals surface area contributed by atoms with Gasteiger partial charge in [-0.15, -0.1) is 0 Å². The van der Waals surface area contributed by atoms with Crippen molar-refractivity contribution in [3.05, 3.63) is 130 Å². The molecule has 0 bridgehead atoms. The van der Waals surface area contributed by atoms with Crippen LogP contribution in [0.5, 0.6) is 5.75 Å². The lowest BCUT2D eigenvalue weighted by Gasteiger charge is -2.32. The molecular formula is C35H34FN3O2. The Morgan fingerprint density at radius 2 is 1.68 bits per heavy atom. The third-order valence-electron chi connectivity index (χ3n) is 7.96. The molecule has 1 amide bonds. The van der Waals surface area contributed by atoms with E-state index in [2.05, 4.69) is 35.8 Å². The second-order valence-electron chi connectivity index (χ2n) is 11.0. The summed E-state index contributed by atoms with van der Waals surface area (Å²) >= 11 is 0. The lowest BCUT2D eigenvalue weighted by Crippen LogP contribution is -2.38. The molecule has 0 radical (unpaired) electrons. The topological polar surface area (TPSA) is 47.4 Å². The number of halogens is 1. The molecule has 1 saturated heterocycles. The maximum atomic E-state index is 13.9. The van der Waals surface area contributed by atoms with Gasteiger partial charge in [-0.1, -0.05) is 54.1 Å². The van der Waals surface area contributed by atoms with Gasteiger partial charge in [0.15, 0.2) is 0 Å². The molecule has 0 unspecified atom stereocenters.